The van der Waals surface area contributed by atoms with Crippen LogP contribution in [-0.4, -0.2) is 16.5 Å². The molecule has 1 aromatic heterocycles. The van der Waals surface area contributed by atoms with E-state index in [-0.39, 0.29) is 5.56 Å². The van der Waals surface area contributed by atoms with Gasteiger partial charge in [0, 0.05) is 11.4 Å². The molecule has 0 atom stereocenters. The lowest BCUT2D eigenvalue weighted by molar-refractivity contribution is 0.0526. The molecule has 0 aliphatic rings. The minimum Gasteiger partial charge on any atom is -0.462 e. The predicted molar refractivity (Wildman–Crippen MR) is 65.9 cm³/mol. The standard InChI is InChI=1S/C12H11NO3S/c1-2-16-12(15)9-5-3-4-6-10(9)13-11(14)7-8-17-13/h3-8H,2H2,1H3. The Balaban J connectivity index is 2.52. The molecule has 0 aliphatic heterocycles. The maximum Gasteiger partial charge on any atom is 0.340 e. The van der Waals surface area contributed by atoms with Crippen molar-refractivity contribution in [2.75, 3.05) is 6.61 Å². The highest BCUT2D eigenvalue weighted by atomic mass is 32.1. The van der Waals surface area contributed by atoms with Crippen LogP contribution < -0.4 is 5.56 Å². The third-order valence-corrected chi connectivity index (χ3v) is 3.04. The summed E-state index contributed by atoms with van der Waals surface area (Å²) in [6.45, 7) is 2.06. The molecule has 4 nitrogen and oxygen atoms in total. The number of ether oxygens (including phenoxy) is 1. The van der Waals surface area contributed by atoms with Gasteiger partial charge in [-0.1, -0.05) is 23.7 Å². The smallest absolute Gasteiger partial charge is 0.340 e. The maximum atomic E-state index is 11.7. The Hall–Kier alpha value is -1.88. The summed E-state index contributed by atoms with van der Waals surface area (Å²) in [5, 5.41) is 1.68. The number of carbonyl (C=O) groups excluding carboxylic acids is 1. The molecule has 0 saturated heterocycles. The molecule has 17 heavy (non-hydrogen) atoms. The Morgan fingerprint density at radius 2 is 2.12 bits per heavy atom. The van der Waals surface area contributed by atoms with Gasteiger partial charge in [0.25, 0.3) is 5.56 Å². The second-order valence-corrected chi connectivity index (χ2v) is 4.13. The lowest BCUT2D eigenvalue weighted by Gasteiger charge is -2.07. The van der Waals surface area contributed by atoms with Crippen LogP contribution in [0.3, 0.4) is 0 Å². The second-order valence-electron chi connectivity index (χ2n) is 3.28. The van der Waals surface area contributed by atoms with E-state index in [4.69, 9.17) is 4.74 Å². The van der Waals surface area contributed by atoms with Gasteiger partial charge in [0.1, 0.15) is 0 Å². The lowest BCUT2D eigenvalue weighted by Crippen LogP contribution is -2.15. The Morgan fingerprint density at radius 1 is 1.35 bits per heavy atom. The van der Waals surface area contributed by atoms with Crippen LogP contribution in [0.2, 0.25) is 0 Å². The number of carbonyl (C=O) groups is 1. The van der Waals surface area contributed by atoms with Gasteiger partial charge in [0.2, 0.25) is 0 Å². The van der Waals surface area contributed by atoms with E-state index in [0.717, 1.165) is 0 Å². The summed E-state index contributed by atoms with van der Waals surface area (Å²) in [5.41, 5.74) is 0.816. The molecule has 0 unspecified atom stereocenters. The fraction of sp³-hybridized carbons (Fsp3) is 0.167. The van der Waals surface area contributed by atoms with Gasteiger partial charge in [0.05, 0.1) is 17.9 Å². The fourth-order valence-corrected chi connectivity index (χ4v) is 2.21. The van der Waals surface area contributed by atoms with Crippen LogP contribution in [-0.2, 0) is 4.74 Å². The van der Waals surface area contributed by atoms with Gasteiger partial charge < -0.3 is 4.74 Å². The van der Waals surface area contributed by atoms with Crippen molar-refractivity contribution in [1.82, 2.24) is 3.96 Å². The number of hydrogen-bond donors (Lipinski definition) is 0. The molecule has 88 valence electrons. The van der Waals surface area contributed by atoms with E-state index in [1.165, 1.54) is 21.6 Å². The van der Waals surface area contributed by atoms with E-state index in [2.05, 4.69) is 0 Å². The first-order valence-corrected chi connectivity index (χ1v) is 6.01. The van der Waals surface area contributed by atoms with Crippen molar-refractivity contribution in [3.63, 3.8) is 0 Å². The number of nitrogens with zero attached hydrogens (tertiary/aromatic N) is 1. The first kappa shape index (κ1) is 11.6. The Bertz CT molecular complexity index is 585. The second kappa shape index (κ2) is 4.97. The van der Waals surface area contributed by atoms with Gasteiger partial charge >= 0.3 is 5.97 Å². The molecule has 0 amide bonds. The molecular formula is C12H11NO3S. The van der Waals surface area contributed by atoms with E-state index in [1.54, 1.807) is 36.6 Å². The molecule has 5 heteroatoms. The van der Waals surface area contributed by atoms with Crippen LogP contribution in [0.1, 0.15) is 17.3 Å². The summed E-state index contributed by atoms with van der Waals surface area (Å²) < 4.78 is 6.42. The van der Waals surface area contributed by atoms with Gasteiger partial charge in [-0.05, 0) is 19.1 Å². The van der Waals surface area contributed by atoms with Crippen LogP contribution >= 0.6 is 11.5 Å². The molecule has 0 radical (unpaired) electrons. The van der Waals surface area contributed by atoms with Crippen LogP contribution in [0.15, 0.2) is 40.5 Å². The molecule has 0 N–H and O–H groups in total. The molecule has 1 aromatic carbocycles. The van der Waals surface area contributed by atoms with Crippen molar-refractivity contribution in [2.24, 2.45) is 0 Å². The molecule has 0 saturated carbocycles. The highest BCUT2D eigenvalue weighted by Crippen LogP contribution is 2.16. The van der Waals surface area contributed by atoms with E-state index in [0.29, 0.717) is 17.9 Å². The zero-order valence-electron chi connectivity index (χ0n) is 9.25. The summed E-state index contributed by atoms with van der Waals surface area (Å²) >= 11 is 1.25. The maximum absolute atomic E-state index is 11.7. The minimum absolute atomic E-state index is 0.147. The Morgan fingerprint density at radius 3 is 2.76 bits per heavy atom. The van der Waals surface area contributed by atoms with E-state index < -0.39 is 5.97 Å². The number of rotatable bonds is 3. The zero-order valence-corrected chi connectivity index (χ0v) is 10.1. The van der Waals surface area contributed by atoms with E-state index >= 15 is 0 Å². The van der Waals surface area contributed by atoms with Crippen molar-refractivity contribution in [1.29, 1.82) is 0 Å². The van der Waals surface area contributed by atoms with Crippen LogP contribution in [0, 0.1) is 0 Å². The molecular weight excluding hydrogens is 238 g/mol. The first-order chi connectivity index (χ1) is 8.24. The summed E-state index contributed by atoms with van der Waals surface area (Å²) in [7, 11) is 0. The van der Waals surface area contributed by atoms with Crippen molar-refractivity contribution in [2.45, 2.75) is 6.92 Å². The van der Waals surface area contributed by atoms with E-state index in [1.807, 2.05) is 0 Å². The molecule has 2 rings (SSSR count). The Labute approximate surface area is 102 Å². The largest absolute Gasteiger partial charge is 0.462 e. The average molecular weight is 249 g/mol. The van der Waals surface area contributed by atoms with Crippen LogP contribution in [0.25, 0.3) is 5.69 Å². The normalized spacial score (nSPS) is 10.2. The molecule has 0 fully saturated rings. The topological polar surface area (TPSA) is 48.3 Å². The number of para-hydroxylation sites is 1. The van der Waals surface area contributed by atoms with Gasteiger partial charge in [-0.2, -0.15) is 0 Å². The highest BCUT2D eigenvalue weighted by Gasteiger charge is 2.14. The van der Waals surface area contributed by atoms with Crippen molar-refractivity contribution >= 4 is 17.5 Å². The lowest BCUT2D eigenvalue weighted by atomic mass is 10.2. The first-order valence-electron chi connectivity index (χ1n) is 5.17. The summed E-state index contributed by atoms with van der Waals surface area (Å²) in [6.07, 6.45) is 0. The Kier molecular flexibility index (Phi) is 3.39. The van der Waals surface area contributed by atoms with Gasteiger partial charge in [-0.25, -0.2) is 8.75 Å². The van der Waals surface area contributed by atoms with Crippen LogP contribution in [0.5, 0.6) is 0 Å². The third kappa shape index (κ3) is 2.29. The molecule has 0 spiro atoms. The monoisotopic (exact) mass is 249 g/mol. The number of esters is 1. The molecule has 1 heterocycles. The summed E-state index contributed by atoms with van der Waals surface area (Å²) in [4.78, 5) is 23.3. The predicted octanol–water partition coefficient (Wildman–Crippen LogP) is 2.08. The average Bonchev–Trinajstić information content (AvgIpc) is 2.76. The number of aromatic nitrogens is 1. The highest BCUT2D eigenvalue weighted by molar-refractivity contribution is 7.04. The number of hydrogen-bond acceptors (Lipinski definition) is 4. The fourth-order valence-electron chi connectivity index (χ4n) is 1.48. The molecule has 0 aliphatic carbocycles. The summed E-state index contributed by atoms with van der Waals surface area (Å²) in [6, 6.07) is 8.37. The minimum atomic E-state index is -0.414. The molecule has 0 bridgehead atoms. The van der Waals surface area contributed by atoms with Gasteiger partial charge in [-0.15, -0.1) is 0 Å². The van der Waals surface area contributed by atoms with Crippen molar-refractivity contribution < 1.29 is 9.53 Å². The quantitative estimate of drug-likeness (QED) is 0.782. The van der Waals surface area contributed by atoms with Crippen molar-refractivity contribution in [3.05, 3.63) is 51.6 Å². The third-order valence-electron chi connectivity index (χ3n) is 2.20. The van der Waals surface area contributed by atoms with Gasteiger partial charge in [0.15, 0.2) is 0 Å². The van der Waals surface area contributed by atoms with Crippen LogP contribution in [0.4, 0.5) is 0 Å². The molecule has 2 aromatic rings. The zero-order chi connectivity index (χ0) is 12.3. The van der Waals surface area contributed by atoms with E-state index in [9.17, 15) is 9.59 Å². The SMILES string of the molecule is CCOC(=O)c1ccccc1-n1sccc1=O. The van der Waals surface area contributed by atoms with Crippen molar-refractivity contribution in [3.8, 4) is 5.69 Å². The number of benzene rings is 1. The van der Waals surface area contributed by atoms with Gasteiger partial charge in [-0.3, -0.25) is 4.79 Å². The summed E-state index contributed by atoms with van der Waals surface area (Å²) in [5.74, 6) is -0.414.